The second-order valence-electron chi connectivity index (χ2n) is 3.72. The third kappa shape index (κ3) is 3.94. The molecule has 1 rings (SSSR count). The van der Waals surface area contributed by atoms with E-state index in [2.05, 4.69) is 43.6 Å². The zero-order chi connectivity index (χ0) is 11.3. The van der Waals surface area contributed by atoms with Crippen LogP contribution in [0.2, 0.25) is 0 Å². The Bertz CT molecular complexity index is 391. The van der Waals surface area contributed by atoms with Crippen LogP contribution in [0.4, 0.5) is 0 Å². The molecule has 0 N–H and O–H groups in total. The van der Waals surface area contributed by atoms with Crippen molar-refractivity contribution in [1.29, 1.82) is 0 Å². The number of rotatable bonds is 3. The van der Waals surface area contributed by atoms with E-state index in [0.717, 1.165) is 11.3 Å². The van der Waals surface area contributed by atoms with Crippen LogP contribution in [0, 0.1) is 13.8 Å². The van der Waals surface area contributed by atoms with Crippen molar-refractivity contribution in [3.63, 3.8) is 0 Å². The van der Waals surface area contributed by atoms with Crippen LogP contribution >= 0.6 is 0 Å². The van der Waals surface area contributed by atoms with E-state index in [0.29, 0.717) is 0 Å². The first-order valence-corrected chi connectivity index (χ1v) is 5.03. The van der Waals surface area contributed by atoms with Crippen LogP contribution in [0.1, 0.15) is 23.6 Å². The number of hydrogen-bond acceptors (Lipinski definition) is 1. The number of benzene rings is 1. The summed E-state index contributed by atoms with van der Waals surface area (Å²) in [4.78, 5) is 4.33. The second-order valence-corrected chi connectivity index (χ2v) is 3.72. The van der Waals surface area contributed by atoms with Crippen molar-refractivity contribution in [1.82, 2.24) is 0 Å². The van der Waals surface area contributed by atoms with Gasteiger partial charge in [-0.05, 0) is 32.4 Å². The van der Waals surface area contributed by atoms with E-state index >= 15 is 0 Å². The van der Waals surface area contributed by atoms with Crippen LogP contribution < -0.4 is 0 Å². The minimum Gasteiger partial charge on any atom is -0.261 e. The number of aliphatic imine (C=N–C) groups is 1. The van der Waals surface area contributed by atoms with E-state index in [4.69, 9.17) is 0 Å². The van der Waals surface area contributed by atoms with Crippen LogP contribution in [0.3, 0.4) is 0 Å². The quantitative estimate of drug-likeness (QED) is 0.518. The third-order valence-corrected chi connectivity index (χ3v) is 2.02. The maximum atomic E-state index is 4.33. The molecule has 0 saturated heterocycles. The van der Waals surface area contributed by atoms with E-state index < -0.39 is 0 Å². The summed E-state index contributed by atoms with van der Waals surface area (Å²) in [6.45, 7) is 9.78. The van der Waals surface area contributed by atoms with Crippen molar-refractivity contribution in [2.75, 3.05) is 0 Å². The molecule has 1 aromatic rings. The smallest absolute Gasteiger partial charge is 0.0372 e. The number of nitrogens with zero attached hydrogens (tertiary/aromatic N) is 1. The molecule has 1 nitrogen and oxygen atoms in total. The average Bonchev–Trinajstić information content (AvgIpc) is 2.14. The lowest BCUT2D eigenvalue weighted by Gasteiger charge is -1.99. The van der Waals surface area contributed by atoms with Crippen molar-refractivity contribution < 1.29 is 0 Å². The van der Waals surface area contributed by atoms with E-state index in [1.807, 2.05) is 19.2 Å². The lowest BCUT2D eigenvalue weighted by Crippen LogP contribution is -1.85. The molecule has 0 unspecified atom stereocenters. The summed E-state index contributed by atoms with van der Waals surface area (Å²) in [5.41, 5.74) is 4.64. The van der Waals surface area contributed by atoms with Gasteiger partial charge in [-0.2, -0.15) is 0 Å². The minimum atomic E-state index is 0.962. The Morgan fingerprint density at radius 2 is 1.80 bits per heavy atom. The van der Waals surface area contributed by atoms with Gasteiger partial charge in [0.1, 0.15) is 0 Å². The summed E-state index contributed by atoms with van der Waals surface area (Å²) in [7, 11) is 0. The Balaban J connectivity index is 2.89. The lowest BCUT2D eigenvalue weighted by molar-refractivity contribution is 1.31. The largest absolute Gasteiger partial charge is 0.261 e. The van der Waals surface area contributed by atoms with Gasteiger partial charge in [-0.25, -0.2) is 0 Å². The third-order valence-electron chi connectivity index (χ3n) is 2.02. The molecule has 0 aliphatic carbocycles. The van der Waals surface area contributed by atoms with E-state index in [9.17, 15) is 0 Å². The molecule has 0 aliphatic rings. The van der Waals surface area contributed by atoms with Crippen LogP contribution in [-0.2, 0) is 0 Å². The van der Waals surface area contributed by atoms with Gasteiger partial charge in [-0.15, -0.1) is 0 Å². The van der Waals surface area contributed by atoms with E-state index in [1.165, 1.54) is 11.1 Å². The first kappa shape index (κ1) is 11.4. The average molecular weight is 199 g/mol. The second kappa shape index (κ2) is 5.30. The van der Waals surface area contributed by atoms with E-state index in [-0.39, 0.29) is 0 Å². The van der Waals surface area contributed by atoms with Gasteiger partial charge in [-0.1, -0.05) is 42.0 Å². The summed E-state index contributed by atoms with van der Waals surface area (Å²) >= 11 is 0. The fourth-order valence-electron chi connectivity index (χ4n) is 1.47. The van der Waals surface area contributed by atoms with Crippen molar-refractivity contribution in [2.24, 2.45) is 4.99 Å². The molecule has 0 heterocycles. The first-order valence-electron chi connectivity index (χ1n) is 5.03. The van der Waals surface area contributed by atoms with E-state index in [1.54, 1.807) is 6.08 Å². The van der Waals surface area contributed by atoms with Crippen LogP contribution in [0.25, 0.3) is 0 Å². The van der Waals surface area contributed by atoms with Crippen molar-refractivity contribution in [3.05, 3.63) is 59.3 Å². The zero-order valence-corrected chi connectivity index (χ0v) is 9.62. The summed E-state index contributed by atoms with van der Waals surface area (Å²) in [5.74, 6) is 0. The van der Waals surface area contributed by atoms with Gasteiger partial charge in [0.2, 0.25) is 0 Å². The van der Waals surface area contributed by atoms with Crippen molar-refractivity contribution in [3.8, 4) is 0 Å². The topological polar surface area (TPSA) is 12.4 Å². The molecule has 0 aliphatic heterocycles. The van der Waals surface area contributed by atoms with Crippen molar-refractivity contribution >= 4 is 6.21 Å². The molecule has 0 bridgehead atoms. The highest BCUT2D eigenvalue weighted by Gasteiger charge is 1.92. The molecule has 0 fully saturated rings. The van der Waals surface area contributed by atoms with Gasteiger partial charge in [0.15, 0.2) is 0 Å². The molecule has 0 saturated carbocycles. The van der Waals surface area contributed by atoms with Gasteiger partial charge in [-0.3, -0.25) is 4.99 Å². The fourth-order valence-corrected chi connectivity index (χ4v) is 1.47. The number of allylic oxidation sites excluding steroid dienone is 3. The Morgan fingerprint density at radius 1 is 1.20 bits per heavy atom. The number of aryl methyl sites for hydroxylation is 2. The monoisotopic (exact) mass is 199 g/mol. The molecule has 1 aromatic carbocycles. The SMILES string of the molecule is C=C/C=C(C)/N=C/c1cc(C)cc(C)c1. The Morgan fingerprint density at radius 3 is 2.33 bits per heavy atom. The standard InChI is InChI=1S/C14H17N/c1-5-6-13(4)15-10-14-8-11(2)7-12(3)9-14/h5-10H,1H2,2-4H3/b13-6+,15-10+. The summed E-state index contributed by atoms with van der Waals surface area (Å²) < 4.78 is 0. The predicted molar refractivity (Wildman–Crippen MR) is 67.5 cm³/mol. The first-order chi connectivity index (χ1) is 7.11. The molecule has 0 atom stereocenters. The lowest BCUT2D eigenvalue weighted by atomic mass is 10.1. The molecular formula is C14H17N. The van der Waals surface area contributed by atoms with Gasteiger partial charge in [0.05, 0.1) is 0 Å². The van der Waals surface area contributed by atoms with Gasteiger partial charge in [0, 0.05) is 11.9 Å². The maximum Gasteiger partial charge on any atom is 0.0372 e. The highest BCUT2D eigenvalue weighted by atomic mass is 14.7. The molecular weight excluding hydrogens is 182 g/mol. The van der Waals surface area contributed by atoms with Crippen molar-refractivity contribution in [2.45, 2.75) is 20.8 Å². The highest BCUT2D eigenvalue weighted by Crippen LogP contribution is 2.07. The number of hydrogen-bond donors (Lipinski definition) is 0. The molecule has 15 heavy (non-hydrogen) atoms. The molecule has 0 radical (unpaired) electrons. The molecule has 0 aromatic heterocycles. The van der Waals surface area contributed by atoms with Crippen LogP contribution in [0.5, 0.6) is 0 Å². The van der Waals surface area contributed by atoms with Crippen LogP contribution in [-0.4, -0.2) is 6.21 Å². The molecule has 1 heteroatoms. The van der Waals surface area contributed by atoms with Gasteiger partial charge < -0.3 is 0 Å². The maximum absolute atomic E-state index is 4.33. The minimum absolute atomic E-state index is 0.962. The summed E-state index contributed by atoms with van der Waals surface area (Å²) in [5, 5.41) is 0. The fraction of sp³-hybridized carbons (Fsp3) is 0.214. The van der Waals surface area contributed by atoms with Gasteiger partial charge >= 0.3 is 0 Å². The zero-order valence-electron chi connectivity index (χ0n) is 9.62. The normalized spacial score (nSPS) is 12.1. The van der Waals surface area contributed by atoms with Gasteiger partial charge in [0.25, 0.3) is 0 Å². The molecule has 0 spiro atoms. The Kier molecular flexibility index (Phi) is 4.04. The Labute approximate surface area is 91.9 Å². The molecule has 0 amide bonds. The highest BCUT2D eigenvalue weighted by molar-refractivity contribution is 5.81. The van der Waals surface area contributed by atoms with Crippen LogP contribution in [0.15, 0.2) is 47.6 Å². The Hall–Kier alpha value is -1.63. The summed E-state index contributed by atoms with van der Waals surface area (Å²) in [6.07, 6.45) is 5.52. The molecule has 78 valence electrons. The predicted octanol–water partition coefficient (Wildman–Crippen LogP) is 3.81. The summed E-state index contributed by atoms with van der Waals surface area (Å²) in [6, 6.07) is 6.40.